The molecule has 15 heavy (non-hydrogen) atoms. The molecule has 0 fully saturated rings. The molecule has 0 rings (SSSR count). The van der Waals surface area contributed by atoms with E-state index in [0.717, 1.165) is 13.0 Å². The summed E-state index contributed by atoms with van der Waals surface area (Å²) < 4.78 is 11.8. The molecule has 0 heterocycles. The maximum absolute atomic E-state index is 5.96. The van der Waals surface area contributed by atoms with Crippen LogP contribution >= 0.6 is 0 Å². The highest BCUT2D eigenvalue weighted by Gasteiger charge is 2.14. The predicted octanol–water partition coefficient (Wildman–Crippen LogP) is 2.94. The zero-order chi connectivity index (χ0) is 11.7. The first-order chi connectivity index (χ1) is 7.10. The fourth-order valence-electron chi connectivity index (χ4n) is 1.58. The molecular weight excluding hydrogens is 220 g/mol. The van der Waals surface area contributed by atoms with E-state index in [1.54, 1.807) is 0 Å². The van der Waals surface area contributed by atoms with E-state index in [9.17, 15) is 0 Å². The Balaban J connectivity index is 3.60. The van der Waals surface area contributed by atoms with Gasteiger partial charge < -0.3 is 8.85 Å². The lowest BCUT2D eigenvalue weighted by molar-refractivity contribution is 0.241. The first-order valence-electron chi connectivity index (χ1n) is 6.37. The smallest absolute Gasteiger partial charge is 0.176 e. The Bertz CT molecular complexity index is 143. The van der Waals surface area contributed by atoms with E-state index in [4.69, 9.17) is 8.85 Å². The highest BCUT2D eigenvalue weighted by atomic mass is 28.3. The minimum atomic E-state index is -0.906. The first kappa shape index (κ1) is 15.4. The van der Waals surface area contributed by atoms with E-state index in [2.05, 4.69) is 34.2 Å². The molecule has 0 aromatic heterocycles. The van der Waals surface area contributed by atoms with Gasteiger partial charge in [0.05, 0.1) is 0 Å². The van der Waals surface area contributed by atoms with Gasteiger partial charge in [0, 0.05) is 12.7 Å². The van der Waals surface area contributed by atoms with Crippen molar-refractivity contribution in [2.75, 3.05) is 6.61 Å². The summed E-state index contributed by atoms with van der Waals surface area (Å²) in [6.45, 7) is 12.0. The average Bonchev–Trinajstić information content (AvgIpc) is 2.20. The molecule has 0 aliphatic heterocycles. The second kappa shape index (κ2) is 9.57. The van der Waals surface area contributed by atoms with Gasteiger partial charge in [0.15, 0.2) is 18.1 Å². The molecule has 2 atom stereocenters. The van der Waals surface area contributed by atoms with Gasteiger partial charge in [-0.3, -0.25) is 0 Å². The number of rotatable bonds is 9. The lowest BCUT2D eigenvalue weighted by Crippen LogP contribution is -2.24. The summed E-state index contributed by atoms with van der Waals surface area (Å²) in [4.78, 5) is 0. The van der Waals surface area contributed by atoms with Crippen molar-refractivity contribution in [3.63, 3.8) is 0 Å². The van der Waals surface area contributed by atoms with E-state index >= 15 is 0 Å². The van der Waals surface area contributed by atoms with Crippen LogP contribution in [0.15, 0.2) is 0 Å². The molecule has 0 bridgehead atoms. The van der Waals surface area contributed by atoms with Crippen molar-refractivity contribution in [1.29, 1.82) is 0 Å². The minimum absolute atomic E-state index is 0.412. The van der Waals surface area contributed by atoms with Crippen LogP contribution in [0, 0.1) is 0 Å². The molecule has 0 spiro atoms. The minimum Gasteiger partial charge on any atom is -0.420 e. The Morgan fingerprint density at radius 1 is 1.13 bits per heavy atom. The molecule has 0 amide bonds. The van der Waals surface area contributed by atoms with Gasteiger partial charge in [0.1, 0.15) is 0 Å². The third-order valence-corrected chi connectivity index (χ3v) is 7.86. The van der Waals surface area contributed by atoms with Crippen LogP contribution in [0.3, 0.4) is 0 Å². The fourth-order valence-corrected chi connectivity index (χ4v) is 7.25. The summed E-state index contributed by atoms with van der Waals surface area (Å²) in [5.41, 5.74) is 0. The van der Waals surface area contributed by atoms with Crippen LogP contribution in [-0.4, -0.2) is 30.8 Å². The second-order valence-electron chi connectivity index (χ2n) is 4.47. The molecule has 0 saturated carbocycles. The molecule has 0 N–H and O–H groups in total. The van der Waals surface area contributed by atoms with Crippen molar-refractivity contribution in [1.82, 2.24) is 0 Å². The summed E-state index contributed by atoms with van der Waals surface area (Å²) >= 11 is 0. The van der Waals surface area contributed by atoms with E-state index in [1.807, 2.05) is 0 Å². The van der Waals surface area contributed by atoms with Gasteiger partial charge in [-0.1, -0.05) is 13.8 Å². The largest absolute Gasteiger partial charge is 0.420 e. The van der Waals surface area contributed by atoms with Crippen molar-refractivity contribution in [3.8, 4) is 0 Å². The van der Waals surface area contributed by atoms with E-state index in [0.29, 0.717) is 6.10 Å². The lowest BCUT2D eigenvalue weighted by Gasteiger charge is -2.19. The van der Waals surface area contributed by atoms with E-state index in [-0.39, 0.29) is 0 Å². The van der Waals surface area contributed by atoms with Gasteiger partial charge in [0.25, 0.3) is 0 Å². The highest BCUT2D eigenvalue weighted by Crippen LogP contribution is 2.10. The van der Waals surface area contributed by atoms with Crippen LogP contribution in [0.2, 0.25) is 24.7 Å². The normalized spacial score (nSPS) is 15.6. The summed E-state index contributed by atoms with van der Waals surface area (Å²) in [7, 11) is -1.79. The third kappa shape index (κ3) is 9.29. The van der Waals surface area contributed by atoms with Crippen molar-refractivity contribution >= 4 is 18.1 Å². The van der Waals surface area contributed by atoms with Gasteiger partial charge >= 0.3 is 0 Å². The van der Waals surface area contributed by atoms with Crippen molar-refractivity contribution in [3.05, 3.63) is 0 Å². The molecule has 92 valence electrons. The highest BCUT2D eigenvalue weighted by molar-refractivity contribution is 6.57. The zero-order valence-corrected chi connectivity index (χ0v) is 13.4. The van der Waals surface area contributed by atoms with Gasteiger partial charge in [0.2, 0.25) is 0 Å². The lowest BCUT2D eigenvalue weighted by atomic mass is 10.5. The van der Waals surface area contributed by atoms with Crippen LogP contribution < -0.4 is 0 Å². The maximum atomic E-state index is 5.96. The molecule has 4 heteroatoms. The molecule has 0 aromatic rings. The van der Waals surface area contributed by atoms with Crippen LogP contribution in [0.1, 0.15) is 34.1 Å². The van der Waals surface area contributed by atoms with Crippen molar-refractivity contribution in [2.24, 2.45) is 0 Å². The van der Waals surface area contributed by atoms with Crippen LogP contribution in [0.5, 0.6) is 0 Å². The molecular formula is C11H28O2Si2. The molecule has 0 radical (unpaired) electrons. The topological polar surface area (TPSA) is 18.5 Å². The third-order valence-electron chi connectivity index (χ3n) is 2.42. The van der Waals surface area contributed by atoms with Gasteiger partial charge in [-0.15, -0.1) is 0 Å². The molecule has 0 saturated heterocycles. The van der Waals surface area contributed by atoms with E-state index < -0.39 is 18.1 Å². The summed E-state index contributed by atoms with van der Waals surface area (Å²) in [6.07, 6.45) is 1.56. The van der Waals surface area contributed by atoms with Gasteiger partial charge in [-0.05, 0) is 44.9 Å². The molecule has 2 nitrogen and oxygen atoms in total. The summed E-state index contributed by atoms with van der Waals surface area (Å²) in [5, 5.41) is 0. The van der Waals surface area contributed by atoms with Crippen LogP contribution in [-0.2, 0) is 8.85 Å². The Morgan fingerprint density at radius 3 is 2.27 bits per heavy atom. The SMILES string of the molecule is CCCO[SiH](C)CC[SiH](CC)OC(C)C. The molecule has 0 aliphatic carbocycles. The summed E-state index contributed by atoms with van der Waals surface area (Å²) in [6, 6.07) is 3.87. The Hall–Kier alpha value is 0.354. The Labute approximate surface area is 98.8 Å². The quantitative estimate of drug-likeness (QED) is 0.584. The monoisotopic (exact) mass is 248 g/mol. The van der Waals surface area contributed by atoms with Gasteiger partial charge in [-0.25, -0.2) is 0 Å². The number of hydrogen-bond acceptors (Lipinski definition) is 2. The van der Waals surface area contributed by atoms with Crippen molar-refractivity contribution in [2.45, 2.75) is 64.9 Å². The Morgan fingerprint density at radius 2 is 1.80 bits per heavy atom. The second-order valence-corrected chi connectivity index (χ2v) is 9.92. The summed E-state index contributed by atoms with van der Waals surface area (Å²) in [5.74, 6) is 0. The van der Waals surface area contributed by atoms with Gasteiger partial charge in [-0.2, -0.15) is 0 Å². The van der Waals surface area contributed by atoms with E-state index in [1.165, 1.54) is 18.1 Å². The predicted molar refractivity (Wildman–Crippen MR) is 72.7 cm³/mol. The standard InChI is InChI=1S/C11H28O2Si2/c1-6-8-12-14(5)9-10-15(7-2)13-11(3)4/h11,14-15H,6-10H2,1-5H3. The number of hydrogen-bond donors (Lipinski definition) is 0. The average molecular weight is 249 g/mol. The first-order valence-corrected chi connectivity index (χ1v) is 10.9. The van der Waals surface area contributed by atoms with Crippen LogP contribution in [0.4, 0.5) is 0 Å². The molecule has 2 unspecified atom stereocenters. The Kier molecular flexibility index (Phi) is 9.80. The maximum Gasteiger partial charge on any atom is 0.176 e. The molecule has 0 aromatic carbocycles. The van der Waals surface area contributed by atoms with Crippen molar-refractivity contribution < 1.29 is 8.85 Å². The fraction of sp³-hybridized carbons (Fsp3) is 1.00. The zero-order valence-electron chi connectivity index (χ0n) is 11.1. The van der Waals surface area contributed by atoms with Crippen LogP contribution in [0.25, 0.3) is 0 Å². The molecule has 0 aliphatic rings.